The molecule has 0 atom stereocenters. The van der Waals surface area contributed by atoms with Gasteiger partial charge in [-0.15, -0.1) is 0 Å². The Morgan fingerprint density at radius 3 is 2.43 bits per heavy atom. The normalized spacial score (nSPS) is 28.3. The van der Waals surface area contributed by atoms with Crippen molar-refractivity contribution in [2.75, 3.05) is 0 Å². The Balaban J connectivity index is 2.49. The second-order valence-electron chi connectivity index (χ2n) is 1.17. The van der Waals surface area contributed by atoms with Crippen molar-refractivity contribution in [3.63, 3.8) is 0 Å². The lowest BCUT2D eigenvalue weighted by molar-refractivity contribution is 0.0985. The van der Waals surface area contributed by atoms with E-state index < -0.39 is 7.82 Å². The Bertz CT molecular complexity index is 162. The molecule has 3 aliphatic heterocycles. The molecule has 1 saturated heterocycles. The van der Waals surface area contributed by atoms with Crippen molar-refractivity contribution >= 4 is 7.82 Å². The zero-order chi connectivity index (χ0) is 4.91. The van der Waals surface area contributed by atoms with Gasteiger partial charge in [0.1, 0.15) is 0 Å². The van der Waals surface area contributed by atoms with E-state index in [1.807, 2.05) is 0 Å². The summed E-state index contributed by atoms with van der Waals surface area (Å²) in [6, 6.07) is 0. The molecule has 0 N–H and O–H groups in total. The SMILES string of the molecule is O=P12OC=C(O1)O2. The van der Waals surface area contributed by atoms with E-state index in [9.17, 15) is 4.57 Å². The lowest BCUT2D eigenvalue weighted by atomic mass is 11.0. The zero-order valence-corrected chi connectivity index (χ0v) is 4.05. The molecule has 3 aliphatic rings. The number of hydrogen-bond acceptors (Lipinski definition) is 4. The molecule has 0 unspecified atom stereocenters. The molecule has 0 spiro atoms. The third kappa shape index (κ3) is 0.258. The molecule has 7 heavy (non-hydrogen) atoms. The Morgan fingerprint density at radius 2 is 2.29 bits per heavy atom. The van der Waals surface area contributed by atoms with Crippen molar-refractivity contribution in [2.45, 2.75) is 0 Å². The fraction of sp³-hybridized carbons (Fsp3) is 0. The summed E-state index contributed by atoms with van der Waals surface area (Å²) < 4.78 is 23.5. The second-order valence-corrected chi connectivity index (χ2v) is 2.64. The third-order valence-corrected chi connectivity index (χ3v) is 1.85. The highest BCUT2D eigenvalue weighted by Gasteiger charge is 2.51. The lowest BCUT2D eigenvalue weighted by Crippen LogP contribution is -1.98. The molecule has 0 aromatic rings. The van der Waals surface area contributed by atoms with Crippen molar-refractivity contribution in [2.24, 2.45) is 0 Å². The van der Waals surface area contributed by atoms with Crippen LogP contribution in [0.3, 0.4) is 0 Å². The maximum atomic E-state index is 10.4. The second kappa shape index (κ2) is 0.670. The first-order chi connectivity index (χ1) is 3.29. The van der Waals surface area contributed by atoms with Crippen LogP contribution in [0.1, 0.15) is 0 Å². The van der Waals surface area contributed by atoms with E-state index in [4.69, 9.17) is 0 Å². The van der Waals surface area contributed by atoms with Crippen LogP contribution in [0.5, 0.6) is 0 Å². The summed E-state index contributed by atoms with van der Waals surface area (Å²) in [6.45, 7) is 0. The van der Waals surface area contributed by atoms with E-state index >= 15 is 0 Å². The largest absolute Gasteiger partial charge is 0.651 e. The van der Waals surface area contributed by atoms with Crippen LogP contribution in [0.4, 0.5) is 0 Å². The monoisotopic (exact) mass is 120 g/mol. The fourth-order valence-corrected chi connectivity index (χ4v) is 1.26. The number of phosphoric ester groups is 1. The first-order valence-corrected chi connectivity index (χ1v) is 3.12. The highest BCUT2D eigenvalue weighted by molar-refractivity contribution is 7.50. The molecule has 3 heterocycles. The summed E-state index contributed by atoms with van der Waals surface area (Å²) >= 11 is 0. The van der Waals surface area contributed by atoms with Crippen LogP contribution in [0.25, 0.3) is 0 Å². The van der Waals surface area contributed by atoms with Crippen LogP contribution in [-0.4, -0.2) is 0 Å². The van der Waals surface area contributed by atoms with Gasteiger partial charge >= 0.3 is 13.8 Å². The van der Waals surface area contributed by atoms with Crippen LogP contribution in [-0.2, 0) is 18.1 Å². The maximum Gasteiger partial charge on any atom is 0.651 e. The molecule has 0 aliphatic carbocycles. The van der Waals surface area contributed by atoms with Gasteiger partial charge < -0.3 is 13.6 Å². The first-order valence-electron chi connectivity index (χ1n) is 1.66. The van der Waals surface area contributed by atoms with Crippen molar-refractivity contribution in [1.29, 1.82) is 0 Å². The summed E-state index contributed by atoms with van der Waals surface area (Å²) in [5.41, 5.74) is 0. The molecular formula is C2HO4P. The predicted molar refractivity (Wildman–Crippen MR) is 18.9 cm³/mol. The van der Waals surface area contributed by atoms with E-state index in [1.165, 1.54) is 6.26 Å². The quantitative estimate of drug-likeness (QED) is 0.447. The Kier molecular flexibility index (Phi) is 0.324. The number of rotatable bonds is 0. The molecule has 2 bridgehead atoms. The smallest absolute Gasteiger partial charge is 0.386 e. The van der Waals surface area contributed by atoms with Crippen molar-refractivity contribution in [3.05, 3.63) is 12.2 Å². The van der Waals surface area contributed by atoms with E-state index in [2.05, 4.69) is 13.6 Å². The molecule has 0 saturated carbocycles. The van der Waals surface area contributed by atoms with Crippen molar-refractivity contribution in [3.8, 4) is 0 Å². The van der Waals surface area contributed by atoms with Gasteiger partial charge in [-0.25, -0.2) is 0 Å². The zero-order valence-electron chi connectivity index (χ0n) is 3.16. The van der Waals surface area contributed by atoms with Gasteiger partial charge in [-0.3, -0.25) is 0 Å². The molecule has 5 heteroatoms. The van der Waals surface area contributed by atoms with Crippen molar-refractivity contribution < 1.29 is 18.1 Å². The highest BCUT2D eigenvalue weighted by Crippen LogP contribution is 2.67. The van der Waals surface area contributed by atoms with Gasteiger partial charge in [-0.05, 0) is 0 Å². The summed E-state index contributed by atoms with van der Waals surface area (Å²) in [7, 11) is -2.99. The van der Waals surface area contributed by atoms with Gasteiger partial charge in [0.15, 0.2) is 6.26 Å². The number of hydrogen-bond donors (Lipinski definition) is 0. The molecule has 0 aromatic heterocycles. The average molecular weight is 120 g/mol. The van der Waals surface area contributed by atoms with Gasteiger partial charge in [-0.2, -0.15) is 4.57 Å². The standard InChI is InChI=1S/C2HO4P/c3-7-4-1-2(5-7)6-7/h1H. The summed E-state index contributed by atoms with van der Waals surface area (Å²) in [4.78, 5) is 0. The number of fused-ring (bicyclic) bond motifs is 1. The summed E-state index contributed by atoms with van der Waals surface area (Å²) in [5, 5.41) is 0. The summed E-state index contributed by atoms with van der Waals surface area (Å²) in [5.74, 6) is 0.225. The van der Waals surface area contributed by atoms with Crippen LogP contribution < -0.4 is 0 Å². The minimum atomic E-state index is -2.99. The minimum Gasteiger partial charge on any atom is -0.386 e. The van der Waals surface area contributed by atoms with Crippen LogP contribution in [0.2, 0.25) is 0 Å². The van der Waals surface area contributed by atoms with E-state index in [-0.39, 0.29) is 5.95 Å². The van der Waals surface area contributed by atoms with Gasteiger partial charge in [-0.1, -0.05) is 0 Å². The van der Waals surface area contributed by atoms with Gasteiger partial charge in [0.25, 0.3) is 0 Å². The highest BCUT2D eigenvalue weighted by atomic mass is 31.2. The first kappa shape index (κ1) is 3.38. The molecule has 4 nitrogen and oxygen atoms in total. The van der Waals surface area contributed by atoms with Gasteiger partial charge in [0.05, 0.1) is 0 Å². The van der Waals surface area contributed by atoms with E-state index in [1.54, 1.807) is 0 Å². The van der Waals surface area contributed by atoms with Gasteiger partial charge in [0, 0.05) is 0 Å². The predicted octanol–water partition coefficient (Wildman–Crippen LogP) is 0.970. The molecule has 38 valence electrons. The molecular weight excluding hydrogens is 119 g/mol. The van der Waals surface area contributed by atoms with Crippen molar-refractivity contribution in [1.82, 2.24) is 0 Å². The topological polar surface area (TPSA) is 44.8 Å². The Labute approximate surface area is 39.3 Å². The fourth-order valence-electron chi connectivity index (χ4n) is 0.421. The maximum absolute atomic E-state index is 10.4. The van der Waals surface area contributed by atoms with Crippen LogP contribution >= 0.6 is 7.82 Å². The van der Waals surface area contributed by atoms with E-state index in [0.717, 1.165) is 0 Å². The molecule has 3 rings (SSSR count). The molecule has 0 amide bonds. The molecule has 0 radical (unpaired) electrons. The average Bonchev–Trinajstić information content (AvgIpc) is 1.88. The number of phosphoric acid groups is 1. The van der Waals surface area contributed by atoms with E-state index in [0.29, 0.717) is 0 Å². The lowest BCUT2D eigenvalue weighted by Gasteiger charge is -2.16. The van der Waals surface area contributed by atoms with Crippen LogP contribution in [0, 0.1) is 0 Å². The Morgan fingerprint density at radius 1 is 1.57 bits per heavy atom. The Hall–Kier alpha value is -0.630. The van der Waals surface area contributed by atoms with Gasteiger partial charge in [0.2, 0.25) is 0 Å². The molecule has 1 fully saturated rings. The summed E-state index contributed by atoms with van der Waals surface area (Å²) in [6.07, 6.45) is 1.20. The third-order valence-electron chi connectivity index (χ3n) is 0.682. The van der Waals surface area contributed by atoms with Crippen LogP contribution in [0.15, 0.2) is 12.2 Å². The molecule has 0 aromatic carbocycles. The minimum absolute atomic E-state index is 0.225.